The zero-order chi connectivity index (χ0) is 15.2. The number of ether oxygens (including phenoxy) is 2. The van der Waals surface area contributed by atoms with Crippen LogP contribution in [-0.4, -0.2) is 47.7 Å². The molecule has 0 aliphatic carbocycles. The monoisotopic (exact) mass is 293 g/mol. The highest BCUT2D eigenvalue weighted by Gasteiger charge is 2.34. The van der Waals surface area contributed by atoms with Crippen LogP contribution in [0, 0.1) is 0 Å². The summed E-state index contributed by atoms with van der Waals surface area (Å²) in [6.45, 7) is 2.64. The van der Waals surface area contributed by atoms with Gasteiger partial charge in [-0.15, -0.1) is 0 Å². The molecule has 0 radical (unpaired) electrons. The smallest absolute Gasteiger partial charge is 0.326 e. The van der Waals surface area contributed by atoms with Crippen LogP contribution in [-0.2, 0) is 9.59 Å². The second-order valence-electron chi connectivity index (χ2n) is 4.75. The number of carbonyl (C=O) groups excluding carboxylic acids is 1. The number of nitrogens with zero attached hydrogens (tertiary/aromatic N) is 1. The molecule has 0 saturated carbocycles. The maximum Gasteiger partial charge on any atom is 0.326 e. The van der Waals surface area contributed by atoms with Crippen LogP contribution in [0.5, 0.6) is 11.5 Å². The largest absolute Gasteiger partial charge is 0.490 e. The van der Waals surface area contributed by atoms with Crippen molar-refractivity contribution in [3.05, 3.63) is 24.3 Å². The third kappa shape index (κ3) is 3.65. The molecule has 6 heteroatoms. The van der Waals surface area contributed by atoms with Gasteiger partial charge in [0.05, 0.1) is 6.61 Å². The topological polar surface area (TPSA) is 76.1 Å². The molecule has 6 nitrogen and oxygen atoms in total. The number of para-hydroxylation sites is 2. The van der Waals surface area contributed by atoms with Gasteiger partial charge in [-0.1, -0.05) is 12.1 Å². The van der Waals surface area contributed by atoms with E-state index in [0.717, 1.165) is 0 Å². The number of hydrogen-bond donors (Lipinski definition) is 1. The first kappa shape index (κ1) is 15.2. The Morgan fingerprint density at radius 2 is 1.95 bits per heavy atom. The molecule has 2 rings (SSSR count). The Labute approximate surface area is 123 Å². The first-order valence-corrected chi connectivity index (χ1v) is 7.00. The van der Waals surface area contributed by atoms with Crippen molar-refractivity contribution in [2.24, 2.45) is 0 Å². The Kier molecular flexibility index (Phi) is 5.03. The van der Waals surface area contributed by atoms with Crippen molar-refractivity contribution < 1.29 is 24.2 Å². The van der Waals surface area contributed by atoms with Crippen molar-refractivity contribution in [2.75, 3.05) is 19.8 Å². The number of rotatable bonds is 6. The molecule has 0 aromatic heterocycles. The van der Waals surface area contributed by atoms with Crippen LogP contribution in [0.3, 0.4) is 0 Å². The molecule has 0 bridgehead atoms. The molecule has 0 unspecified atom stereocenters. The Bertz CT molecular complexity index is 517. The number of amides is 1. The summed E-state index contributed by atoms with van der Waals surface area (Å²) in [7, 11) is 0. The third-order valence-corrected chi connectivity index (χ3v) is 3.36. The van der Waals surface area contributed by atoms with Crippen LogP contribution in [0.15, 0.2) is 24.3 Å². The van der Waals surface area contributed by atoms with Gasteiger partial charge in [-0.05, 0) is 31.9 Å². The summed E-state index contributed by atoms with van der Waals surface area (Å²) in [5.41, 5.74) is 0. The summed E-state index contributed by atoms with van der Waals surface area (Å²) >= 11 is 0. The van der Waals surface area contributed by atoms with Gasteiger partial charge in [-0.2, -0.15) is 0 Å². The molecule has 21 heavy (non-hydrogen) atoms. The first-order valence-electron chi connectivity index (χ1n) is 7.00. The van der Waals surface area contributed by atoms with Crippen molar-refractivity contribution in [3.63, 3.8) is 0 Å². The average Bonchev–Trinajstić information content (AvgIpc) is 2.96. The Morgan fingerprint density at radius 3 is 2.57 bits per heavy atom. The summed E-state index contributed by atoms with van der Waals surface area (Å²) in [4.78, 5) is 24.5. The predicted molar refractivity (Wildman–Crippen MR) is 75.5 cm³/mol. The molecular weight excluding hydrogens is 274 g/mol. The van der Waals surface area contributed by atoms with E-state index in [-0.39, 0.29) is 12.5 Å². The number of carboxylic acids is 1. The van der Waals surface area contributed by atoms with Gasteiger partial charge in [-0.3, -0.25) is 4.79 Å². The summed E-state index contributed by atoms with van der Waals surface area (Å²) in [5, 5.41) is 9.08. The lowest BCUT2D eigenvalue weighted by atomic mass is 10.2. The number of hydrogen-bond acceptors (Lipinski definition) is 4. The summed E-state index contributed by atoms with van der Waals surface area (Å²) in [6, 6.07) is 6.36. The van der Waals surface area contributed by atoms with Crippen LogP contribution in [0.4, 0.5) is 0 Å². The van der Waals surface area contributed by atoms with Gasteiger partial charge < -0.3 is 19.5 Å². The van der Waals surface area contributed by atoms with Gasteiger partial charge in [0.1, 0.15) is 6.04 Å². The van der Waals surface area contributed by atoms with Gasteiger partial charge in [-0.25, -0.2) is 4.79 Å². The lowest BCUT2D eigenvalue weighted by Gasteiger charge is -2.21. The quantitative estimate of drug-likeness (QED) is 0.861. The normalized spacial score (nSPS) is 17.6. The minimum atomic E-state index is -0.962. The van der Waals surface area contributed by atoms with Crippen molar-refractivity contribution in [3.8, 4) is 11.5 Å². The van der Waals surface area contributed by atoms with Crippen LogP contribution in [0.1, 0.15) is 19.8 Å². The van der Waals surface area contributed by atoms with E-state index in [4.69, 9.17) is 14.6 Å². The van der Waals surface area contributed by atoms with Gasteiger partial charge in [0.2, 0.25) is 0 Å². The molecule has 1 aliphatic heterocycles. The van der Waals surface area contributed by atoms with Gasteiger partial charge in [0.25, 0.3) is 5.91 Å². The number of carboxylic acid groups (broad SMARTS) is 1. The minimum Gasteiger partial charge on any atom is -0.490 e. The molecule has 1 N–H and O–H groups in total. The van der Waals surface area contributed by atoms with E-state index in [1.54, 1.807) is 18.2 Å². The molecule has 1 aliphatic rings. The molecule has 0 spiro atoms. The van der Waals surface area contributed by atoms with E-state index in [9.17, 15) is 9.59 Å². The average molecular weight is 293 g/mol. The van der Waals surface area contributed by atoms with E-state index in [2.05, 4.69) is 0 Å². The lowest BCUT2D eigenvalue weighted by molar-refractivity contribution is -0.149. The zero-order valence-electron chi connectivity index (χ0n) is 11.9. The molecule has 1 heterocycles. The van der Waals surface area contributed by atoms with Gasteiger partial charge in [0.15, 0.2) is 18.1 Å². The lowest BCUT2D eigenvalue weighted by Crippen LogP contribution is -2.42. The van der Waals surface area contributed by atoms with Gasteiger partial charge >= 0.3 is 5.97 Å². The Balaban J connectivity index is 1.96. The second kappa shape index (κ2) is 6.97. The van der Waals surface area contributed by atoms with Crippen molar-refractivity contribution in [1.29, 1.82) is 0 Å². The summed E-state index contributed by atoms with van der Waals surface area (Å²) < 4.78 is 10.9. The molecular formula is C15H19NO5. The minimum absolute atomic E-state index is 0.187. The molecule has 1 aromatic carbocycles. The van der Waals surface area contributed by atoms with Crippen molar-refractivity contribution in [2.45, 2.75) is 25.8 Å². The maximum atomic E-state index is 12.1. The van der Waals surface area contributed by atoms with E-state index in [1.165, 1.54) is 4.90 Å². The predicted octanol–water partition coefficient (Wildman–Crippen LogP) is 1.54. The second-order valence-corrected chi connectivity index (χ2v) is 4.75. The molecule has 1 amide bonds. The fourth-order valence-corrected chi connectivity index (χ4v) is 2.39. The zero-order valence-corrected chi connectivity index (χ0v) is 11.9. The SMILES string of the molecule is CCOc1ccccc1OCC(=O)N1CCC[C@H]1C(=O)O. The van der Waals surface area contributed by atoms with E-state index < -0.39 is 12.0 Å². The standard InChI is InChI=1S/C15H19NO5/c1-2-20-12-7-3-4-8-13(12)21-10-14(17)16-9-5-6-11(16)15(18)19/h3-4,7-8,11H,2,5-6,9-10H2,1H3,(H,18,19)/t11-/m0/s1. The molecule has 1 aromatic rings. The van der Waals surface area contributed by atoms with Crippen LogP contribution in [0.2, 0.25) is 0 Å². The molecule has 1 fully saturated rings. The highest BCUT2D eigenvalue weighted by atomic mass is 16.5. The van der Waals surface area contributed by atoms with Crippen molar-refractivity contribution >= 4 is 11.9 Å². The summed E-state index contributed by atoms with van der Waals surface area (Å²) in [5.74, 6) is -0.218. The maximum absolute atomic E-state index is 12.1. The Morgan fingerprint density at radius 1 is 1.29 bits per heavy atom. The summed E-state index contributed by atoms with van der Waals surface area (Å²) in [6.07, 6.45) is 1.20. The first-order chi connectivity index (χ1) is 10.1. The van der Waals surface area contributed by atoms with Crippen molar-refractivity contribution in [1.82, 2.24) is 4.90 Å². The van der Waals surface area contributed by atoms with Crippen LogP contribution < -0.4 is 9.47 Å². The molecule has 1 atom stereocenters. The fourth-order valence-electron chi connectivity index (χ4n) is 2.39. The number of benzene rings is 1. The van der Waals surface area contributed by atoms with E-state index in [1.807, 2.05) is 13.0 Å². The Hall–Kier alpha value is -2.24. The third-order valence-electron chi connectivity index (χ3n) is 3.36. The highest BCUT2D eigenvalue weighted by Crippen LogP contribution is 2.26. The number of aliphatic carboxylic acids is 1. The highest BCUT2D eigenvalue weighted by molar-refractivity contribution is 5.85. The molecule has 1 saturated heterocycles. The molecule has 114 valence electrons. The van der Waals surface area contributed by atoms with E-state index in [0.29, 0.717) is 37.5 Å². The fraction of sp³-hybridized carbons (Fsp3) is 0.467. The van der Waals surface area contributed by atoms with Gasteiger partial charge in [0, 0.05) is 6.54 Å². The number of carbonyl (C=O) groups is 2. The van der Waals surface area contributed by atoms with Crippen LogP contribution >= 0.6 is 0 Å². The van der Waals surface area contributed by atoms with E-state index >= 15 is 0 Å². The number of likely N-dealkylation sites (tertiary alicyclic amines) is 1. The van der Waals surface area contributed by atoms with Crippen LogP contribution in [0.25, 0.3) is 0 Å².